The highest BCUT2D eigenvalue weighted by Gasteiger charge is 2.07. The molecule has 5 heteroatoms. The van der Waals surface area contributed by atoms with E-state index >= 15 is 0 Å². The Balaban J connectivity index is 2.15. The fraction of sp³-hybridized carbons (Fsp3) is 0.286. The standard InChI is InChI=1S/C14H17N3O2/c1-3-17-9-15-7-12(17)8-16-13-6-11(14(18)19)5-4-10(13)2/h4-7,9,16H,3,8H2,1-2H3,(H,18,19). The number of nitrogens with one attached hydrogen (secondary N) is 1. The molecule has 2 rings (SSSR count). The van der Waals surface area contributed by atoms with Crippen LogP contribution in [0.15, 0.2) is 30.7 Å². The van der Waals surface area contributed by atoms with Gasteiger partial charge in [-0.3, -0.25) is 0 Å². The van der Waals surface area contributed by atoms with Crippen LogP contribution in [-0.2, 0) is 13.1 Å². The molecule has 2 N–H and O–H groups in total. The lowest BCUT2D eigenvalue weighted by Crippen LogP contribution is -2.07. The minimum atomic E-state index is -0.915. The van der Waals surface area contributed by atoms with E-state index in [1.165, 1.54) is 0 Å². The Morgan fingerprint density at radius 3 is 2.95 bits per heavy atom. The summed E-state index contributed by atoms with van der Waals surface area (Å²) < 4.78 is 2.05. The molecule has 0 aliphatic rings. The van der Waals surface area contributed by atoms with Gasteiger partial charge in [-0.2, -0.15) is 0 Å². The van der Waals surface area contributed by atoms with Gasteiger partial charge in [-0.15, -0.1) is 0 Å². The Labute approximate surface area is 111 Å². The summed E-state index contributed by atoms with van der Waals surface area (Å²) >= 11 is 0. The number of carboxylic acid groups (broad SMARTS) is 1. The third kappa shape index (κ3) is 2.93. The van der Waals surface area contributed by atoms with Crippen LogP contribution in [0, 0.1) is 6.92 Å². The van der Waals surface area contributed by atoms with Crippen molar-refractivity contribution in [1.82, 2.24) is 9.55 Å². The Morgan fingerprint density at radius 2 is 2.26 bits per heavy atom. The van der Waals surface area contributed by atoms with Crippen LogP contribution in [0.4, 0.5) is 5.69 Å². The Hall–Kier alpha value is -2.30. The number of nitrogens with zero attached hydrogens (tertiary/aromatic N) is 2. The number of anilines is 1. The quantitative estimate of drug-likeness (QED) is 0.865. The molecule has 100 valence electrons. The normalized spacial score (nSPS) is 10.4. The van der Waals surface area contributed by atoms with Crippen LogP contribution in [0.25, 0.3) is 0 Å². The zero-order valence-electron chi connectivity index (χ0n) is 11.1. The monoisotopic (exact) mass is 259 g/mol. The second-order valence-electron chi connectivity index (χ2n) is 4.36. The molecule has 1 aromatic carbocycles. The fourth-order valence-electron chi connectivity index (χ4n) is 1.91. The van der Waals surface area contributed by atoms with Crippen LogP contribution in [0.1, 0.15) is 28.5 Å². The second-order valence-corrected chi connectivity index (χ2v) is 4.36. The van der Waals surface area contributed by atoms with E-state index in [1.807, 2.05) is 23.8 Å². The van der Waals surface area contributed by atoms with Gasteiger partial charge >= 0.3 is 5.97 Å². The summed E-state index contributed by atoms with van der Waals surface area (Å²) in [4.78, 5) is 15.1. The smallest absolute Gasteiger partial charge is 0.335 e. The van der Waals surface area contributed by atoms with Gasteiger partial charge in [0.1, 0.15) is 0 Å². The number of imidazole rings is 1. The van der Waals surface area contributed by atoms with E-state index in [0.717, 1.165) is 23.5 Å². The van der Waals surface area contributed by atoms with Gasteiger partial charge in [-0.1, -0.05) is 6.07 Å². The molecular formula is C14H17N3O2. The summed E-state index contributed by atoms with van der Waals surface area (Å²) in [6.07, 6.45) is 3.60. The van der Waals surface area contributed by atoms with Crippen molar-refractivity contribution >= 4 is 11.7 Å². The largest absolute Gasteiger partial charge is 0.478 e. The van der Waals surface area contributed by atoms with Gasteiger partial charge in [-0.05, 0) is 31.5 Å². The summed E-state index contributed by atoms with van der Waals surface area (Å²) in [5, 5.41) is 12.3. The van der Waals surface area contributed by atoms with Crippen LogP contribution in [0.2, 0.25) is 0 Å². The van der Waals surface area contributed by atoms with E-state index in [-0.39, 0.29) is 5.56 Å². The molecule has 1 aromatic heterocycles. The van der Waals surface area contributed by atoms with Crippen molar-refractivity contribution in [2.75, 3.05) is 5.32 Å². The summed E-state index contributed by atoms with van der Waals surface area (Å²) in [5.74, 6) is -0.915. The van der Waals surface area contributed by atoms with Gasteiger partial charge in [0, 0.05) is 18.4 Å². The zero-order valence-corrected chi connectivity index (χ0v) is 11.1. The fourth-order valence-corrected chi connectivity index (χ4v) is 1.91. The molecular weight excluding hydrogens is 242 g/mol. The van der Waals surface area contributed by atoms with Crippen molar-refractivity contribution in [2.24, 2.45) is 0 Å². The van der Waals surface area contributed by atoms with Crippen LogP contribution < -0.4 is 5.32 Å². The Morgan fingerprint density at radius 1 is 1.47 bits per heavy atom. The molecule has 0 spiro atoms. The molecule has 0 radical (unpaired) electrons. The molecule has 1 heterocycles. The third-order valence-electron chi connectivity index (χ3n) is 3.08. The summed E-state index contributed by atoms with van der Waals surface area (Å²) in [5.41, 5.74) is 3.22. The molecule has 19 heavy (non-hydrogen) atoms. The average Bonchev–Trinajstić information content (AvgIpc) is 2.85. The lowest BCUT2D eigenvalue weighted by molar-refractivity contribution is 0.0697. The average molecular weight is 259 g/mol. The third-order valence-corrected chi connectivity index (χ3v) is 3.08. The molecule has 0 amide bonds. The second kappa shape index (κ2) is 5.56. The first-order valence-corrected chi connectivity index (χ1v) is 6.18. The minimum absolute atomic E-state index is 0.289. The molecule has 0 aliphatic heterocycles. The van der Waals surface area contributed by atoms with Gasteiger partial charge in [0.2, 0.25) is 0 Å². The first kappa shape index (κ1) is 13.1. The molecule has 0 fully saturated rings. The highest BCUT2D eigenvalue weighted by Crippen LogP contribution is 2.18. The Bertz CT molecular complexity index is 590. The highest BCUT2D eigenvalue weighted by atomic mass is 16.4. The van der Waals surface area contributed by atoms with Crippen molar-refractivity contribution in [3.63, 3.8) is 0 Å². The molecule has 2 aromatic rings. The predicted molar refractivity (Wildman–Crippen MR) is 73.4 cm³/mol. The van der Waals surface area contributed by atoms with Crippen molar-refractivity contribution in [3.05, 3.63) is 47.5 Å². The molecule has 0 atom stereocenters. The van der Waals surface area contributed by atoms with E-state index in [2.05, 4.69) is 17.2 Å². The summed E-state index contributed by atoms with van der Waals surface area (Å²) in [6, 6.07) is 5.08. The van der Waals surface area contributed by atoms with Crippen molar-refractivity contribution < 1.29 is 9.90 Å². The van der Waals surface area contributed by atoms with Gasteiger partial charge < -0.3 is 15.0 Å². The number of aromatic carboxylic acids is 1. The topological polar surface area (TPSA) is 67.2 Å². The van der Waals surface area contributed by atoms with E-state index < -0.39 is 5.97 Å². The number of benzene rings is 1. The van der Waals surface area contributed by atoms with Crippen molar-refractivity contribution in [3.8, 4) is 0 Å². The van der Waals surface area contributed by atoms with Gasteiger partial charge in [0.05, 0.1) is 24.1 Å². The Kier molecular flexibility index (Phi) is 3.85. The van der Waals surface area contributed by atoms with Gasteiger partial charge in [0.15, 0.2) is 0 Å². The molecule has 0 bridgehead atoms. The maximum Gasteiger partial charge on any atom is 0.335 e. The van der Waals surface area contributed by atoms with Crippen LogP contribution in [-0.4, -0.2) is 20.6 Å². The van der Waals surface area contributed by atoms with E-state index in [1.54, 1.807) is 18.5 Å². The SMILES string of the molecule is CCn1cncc1CNc1cc(C(=O)O)ccc1C. The first-order chi connectivity index (χ1) is 9.11. The van der Waals surface area contributed by atoms with E-state index in [9.17, 15) is 4.79 Å². The number of hydrogen-bond donors (Lipinski definition) is 2. The minimum Gasteiger partial charge on any atom is -0.478 e. The van der Waals surface area contributed by atoms with E-state index in [4.69, 9.17) is 5.11 Å². The number of aromatic nitrogens is 2. The highest BCUT2D eigenvalue weighted by molar-refractivity contribution is 5.89. The molecule has 5 nitrogen and oxygen atoms in total. The maximum absolute atomic E-state index is 11.0. The van der Waals surface area contributed by atoms with Gasteiger partial charge in [-0.25, -0.2) is 9.78 Å². The number of hydrogen-bond acceptors (Lipinski definition) is 3. The summed E-state index contributed by atoms with van der Waals surface area (Å²) in [7, 11) is 0. The van der Waals surface area contributed by atoms with Crippen LogP contribution >= 0.6 is 0 Å². The molecule has 0 saturated heterocycles. The number of carboxylic acids is 1. The first-order valence-electron chi connectivity index (χ1n) is 6.18. The van der Waals surface area contributed by atoms with Gasteiger partial charge in [0.25, 0.3) is 0 Å². The molecule has 0 unspecified atom stereocenters. The summed E-state index contributed by atoms with van der Waals surface area (Å²) in [6.45, 7) is 5.50. The van der Waals surface area contributed by atoms with E-state index in [0.29, 0.717) is 6.54 Å². The zero-order chi connectivity index (χ0) is 13.8. The lowest BCUT2D eigenvalue weighted by Gasteiger charge is -2.11. The predicted octanol–water partition coefficient (Wildman–Crippen LogP) is 2.52. The maximum atomic E-state index is 11.0. The van der Waals surface area contributed by atoms with Crippen molar-refractivity contribution in [2.45, 2.75) is 26.9 Å². The van der Waals surface area contributed by atoms with Crippen LogP contribution in [0.3, 0.4) is 0 Å². The number of rotatable bonds is 5. The van der Waals surface area contributed by atoms with Crippen LogP contribution in [0.5, 0.6) is 0 Å². The molecule has 0 aliphatic carbocycles. The molecule has 0 saturated carbocycles. The number of aryl methyl sites for hydroxylation is 2. The van der Waals surface area contributed by atoms with Crippen molar-refractivity contribution in [1.29, 1.82) is 0 Å². The number of carbonyl (C=O) groups is 1. The lowest BCUT2D eigenvalue weighted by atomic mass is 10.1.